The number of alkyl halides is 4. The molecule has 19 heavy (non-hydrogen) atoms. The summed E-state index contributed by atoms with van der Waals surface area (Å²) in [6.07, 6.45) is -4.61. The summed E-state index contributed by atoms with van der Waals surface area (Å²) >= 11 is 3.01. The van der Waals surface area contributed by atoms with Crippen LogP contribution >= 0.6 is 15.9 Å². The Labute approximate surface area is 116 Å². The molecule has 1 amide bonds. The largest absolute Gasteiger partial charge is 0.406 e. The lowest BCUT2D eigenvalue weighted by molar-refractivity contribution is -0.160. The highest BCUT2D eigenvalue weighted by atomic mass is 79.9. The van der Waals surface area contributed by atoms with Crippen LogP contribution in [0.4, 0.5) is 17.6 Å². The first kappa shape index (κ1) is 15.9. The molecule has 1 aromatic carbocycles. The fourth-order valence-electron chi connectivity index (χ4n) is 1.50. The van der Waals surface area contributed by atoms with Gasteiger partial charge in [0.15, 0.2) is 0 Å². The van der Waals surface area contributed by atoms with Crippen LogP contribution in [-0.2, 0) is 11.2 Å². The minimum atomic E-state index is -4.43. The van der Waals surface area contributed by atoms with Crippen molar-refractivity contribution >= 4 is 21.8 Å². The highest BCUT2D eigenvalue weighted by Crippen LogP contribution is 2.17. The predicted octanol–water partition coefficient (Wildman–Crippen LogP) is 3.15. The van der Waals surface area contributed by atoms with Crippen LogP contribution < -0.4 is 0 Å². The molecule has 0 spiro atoms. The molecule has 0 radical (unpaired) electrons. The van der Waals surface area contributed by atoms with E-state index < -0.39 is 24.4 Å². The topological polar surface area (TPSA) is 20.3 Å². The first-order valence-electron chi connectivity index (χ1n) is 5.47. The maximum Gasteiger partial charge on any atom is 0.406 e. The zero-order valence-electron chi connectivity index (χ0n) is 9.88. The predicted molar refractivity (Wildman–Crippen MR) is 66.5 cm³/mol. The third kappa shape index (κ3) is 6.04. The van der Waals surface area contributed by atoms with Crippen molar-refractivity contribution in [1.29, 1.82) is 0 Å². The van der Waals surface area contributed by atoms with E-state index in [0.29, 0.717) is 5.56 Å². The molecule has 1 rings (SSSR count). The lowest BCUT2D eigenvalue weighted by atomic mass is 10.1. The standard InChI is InChI=1S/C12H12BrF4NO/c13-5-6-18(8-12(15,16)17)11(19)7-9-1-3-10(14)4-2-9/h1-4H,5-8H2. The summed E-state index contributed by atoms with van der Waals surface area (Å²) in [5.74, 6) is -1.09. The number of carbonyl (C=O) groups is 1. The van der Waals surface area contributed by atoms with Crippen LogP contribution in [0, 0.1) is 5.82 Å². The third-order valence-electron chi connectivity index (χ3n) is 2.35. The van der Waals surface area contributed by atoms with Crippen LogP contribution in [0.25, 0.3) is 0 Å². The van der Waals surface area contributed by atoms with Crippen molar-refractivity contribution in [3.05, 3.63) is 35.6 Å². The van der Waals surface area contributed by atoms with Gasteiger partial charge in [0.1, 0.15) is 12.4 Å². The lowest BCUT2D eigenvalue weighted by Crippen LogP contribution is -2.40. The summed E-state index contributed by atoms with van der Waals surface area (Å²) in [5.41, 5.74) is 0.480. The van der Waals surface area contributed by atoms with E-state index in [2.05, 4.69) is 15.9 Å². The second-order valence-corrected chi connectivity index (χ2v) is 4.72. The van der Waals surface area contributed by atoms with Gasteiger partial charge in [-0.25, -0.2) is 4.39 Å². The molecule has 0 atom stereocenters. The minimum absolute atomic E-state index is 0.0282. The molecule has 0 aliphatic rings. The van der Waals surface area contributed by atoms with Gasteiger partial charge in [0.25, 0.3) is 0 Å². The van der Waals surface area contributed by atoms with E-state index in [9.17, 15) is 22.4 Å². The maximum absolute atomic E-state index is 12.7. The Morgan fingerprint density at radius 3 is 2.26 bits per heavy atom. The van der Waals surface area contributed by atoms with Crippen LogP contribution in [0.1, 0.15) is 5.56 Å². The molecule has 7 heteroatoms. The van der Waals surface area contributed by atoms with Crippen LogP contribution in [0.5, 0.6) is 0 Å². The Morgan fingerprint density at radius 1 is 1.21 bits per heavy atom. The Kier molecular flexibility index (Phi) is 5.78. The number of rotatable bonds is 5. The fraction of sp³-hybridized carbons (Fsp3) is 0.417. The summed E-state index contributed by atoms with van der Waals surface area (Å²) in [6.45, 7) is -1.31. The van der Waals surface area contributed by atoms with Crippen LogP contribution in [0.2, 0.25) is 0 Å². The van der Waals surface area contributed by atoms with Crippen LogP contribution in [0.3, 0.4) is 0 Å². The van der Waals surface area contributed by atoms with Gasteiger partial charge in [-0.3, -0.25) is 4.79 Å². The smallest absolute Gasteiger partial charge is 0.332 e. The van der Waals surface area contributed by atoms with Gasteiger partial charge in [-0.05, 0) is 17.7 Å². The molecule has 0 N–H and O–H groups in total. The maximum atomic E-state index is 12.7. The third-order valence-corrected chi connectivity index (χ3v) is 2.70. The van der Waals surface area contributed by atoms with Crippen LogP contribution in [0.15, 0.2) is 24.3 Å². The van der Waals surface area contributed by atoms with Gasteiger partial charge >= 0.3 is 6.18 Å². The number of carbonyl (C=O) groups excluding carboxylic acids is 1. The van der Waals surface area contributed by atoms with E-state index in [1.165, 1.54) is 24.3 Å². The summed E-state index contributed by atoms with van der Waals surface area (Å²) in [7, 11) is 0. The number of hydrogen-bond acceptors (Lipinski definition) is 1. The minimum Gasteiger partial charge on any atom is -0.332 e. The Hall–Kier alpha value is -1.11. The highest BCUT2D eigenvalue weighted by Gasteiger charge is 2.32. The number of nitrogens with zero attached hydrogens (tertiary/aromatic N) is 1. The number of halogens is 5. The van der Waals surface area contributed by atoms with Crippen molar-refractivity contribution in [3.63, 3.8) is 0 Å². The highest BCUT2D eigenvalue weighted by molar-refractivity contribution is 9.09. The van der Waals surface area contributed by atoms with E-state index in [0.717, 1.165) is 4.90 Å². The summed E-state index contributed by atoms with van der Waals surface area (Å²) in [5, 5.41) is 0.262. The molecule has 0 saturated carbocycles. The van der Waals surface area contributed by atoms with Crippen molar-refractivity contribution in [2.24, 2.45) is 0 Å². The van der Waals surface area contributed by atoms with E-state index in [1.807, 2.05) is 0 Å². The van der Waals surface area contributed by atoms with E-state index in [-0.39, 0.29) is 18.3 Å². The van der Waals surface area contributed by atoms with Gasteiger partial charge in [-0.15, -0.1) is 0 Å². The van der Waals surface area contributed by atoms with Crippen molar-refractivity contribution in [1.82, 2.24) is 4.90 Å². The molecule has 2 nitrogen and oxygen atoms in total. The van der Waals surface area contributed by atoms with Crippen LogP contribution in [-0.4, -0.2) is 35.4 Å². The van der Waals surface area contributed by atoms with Crippen molar-refractivity contribution in [3.8, 4) is 0 Å². The Morgan fingerprint density at radius 2 is 1.79 bits per heavy atom. The molecule has 0 fully saturated rings. The summed E-state index contributed by atoms with van der Waals surface area (Å²) in [6, 6.07) is 5.10. The molecular weight excluding hydrogens is 330 g/mol. The summed E-state index contributed by atoms with van der Waals surface area (Å²) < 4.78 is 49.6. The Bertz CT molecular complexity index is 419. The molecule has 0 bridgehead atoms. The molecule has 0 unspecified atom stereocenters. The van der Waals surface area contributed by atoms with Gasteiger partial charge in [-0.1, -0.05) is 28.1 Å². The molecule has 0 aliphatic heterocycles. The monoisotopic (exact) mass is 341 g/mol. The van der Waals surface area contributed by atoms with Crippen molar-refractivity contribution in [2.75, 3.05) is 18.4 Å². The first-order valence-corrected chi connectivity index (χ1v) is 6.59. The Balaban J connectivity index is 2.68. The van der Waals surface area contributed by atoms with Gasteiger partial charge in [0, 0.05) is 11.9 Å². The molecule has 0 heterocycles. The average molecular weight is 342 g/mol. The second kappa shape index (κ2) is 6.88. The van der Waals surface area contributed by atoms with E-state index in [1.54, 1.807) is 0 Å². The van der Waals surface area contributed by atoms with Crippen molar-refractivity contribution < 1.29 is 22.4 Å². The molecular formula is C12H12BrF4NO. The normalized spacial score (nSPS) is 11.4. The number of hydrogen-bond donors (Lipinski definition) is 0. The fourth-order valence-corrected chi connectivity index (χ4v) is 1.93. The summed E-state index contributed by atoms with van der Waals surface area (Å²) in [4.78, 5) is 12.5. The average Bonchev–Trinajstić information content (AvgIpc) is 2.30. The van der Waals surface area contributed by atoms with E-state index >= 15 is 0 Å². The molecule has 0 aliphatic carbocycles. The van der Waals surface area contributed by atoms with Crippen molar-refractivity contribution in [2.45, 2.75) is 12.6 Å². The molecule has 0 saturated heterocycles. The first-order chi connectivity index (χ1) is 8.81. The molecule has 1 aromatic rings. The van der Waals surface area contributed by atoms with Gasteiger partial charge in [0.05, 0.1) is 6.42 Å². The molecule has 0 aromatic heterocycles. The van der Waals surface area contributed by atoms with Gasteiger partial charge in [-0.2, -0.15) is 13.2 Å². The number of benzene rings is 1. The van der Waals surface area contributed by atoms with Gasteiger partial charge in [0.2, 0.25) is 5.91 Å². The van der Waals surface area contributed by atoms with E-state index in [4.69, 9.17) is 0 Å². The lowest BCUT2D eigenvalue weighted by Gasteiger charge is -2.23. The second-order valence-electron chi connectivity index (χ2n) is 3.92. The zero-order chi connectivity index (χ0) is 14.5. The van der Waals surface area contributed by atoms with Gasteiger partial charge < -0.3 is 4.90 Å². The quantitative estimate of drug-likeness (QED) is 0.595. The number of amides is 1. The SMILES string of the molecule is O=C(Cc1ccc(F)cc1)N(CCBr)CC(F)(F)F. The molecule has 106 valence electrons. The zero-order valence-corrected chi connectivity index (χ0v) is 11.5.